The SMILES string of the molecule is CCC(=O)N1CCN(c2nc(C)nc3sc(CC)cc23)CC1. The van der Waals surface area contributed by atoms with Crippen molar-refractivity contribution in [1.82, 2.24) is 14.9 Å². The van der Waals surface area contributed by atoms with Crippen LogP contribution >= 0.6 is 11.3 Å². The van der Waals surface area contributed by atoms with Gasteiger partial charge in [-0.1, -0.05) is 13.8 Å². The summed E-state index contributed by atoms with van der Waals surface area (Å²) in [5.74, 6) is 2.09. The summed E-state index contributed by atoms with van der Waals surface area (Å²) in [7, 11) is 0. The van der Waals surface area contributed by atoms with Gasteiger partial charge in [-0.25, -0.2) is 9.97 Å². The van der Waals surface area contributed by atoms with E-state index < -0.39 is 0 Å². The number of hydrogen-bond donors (Lipinski definition) is 0. The molecule has 3 heterocycles. The van der Waals surface area contributed by atoms with Crippen LogP contribution in [0.25, 0.3) is 10.2 Å². The first-order valence-electron chi connectivity index (χ1n) is 7.92. The van der Waals surface area contributed by atoms with Gasteiger partial charge < -0.3 is 9.80 Å². The van der Waals surface area contributed by atoms with Crippen molar-refractivity contribution in [2.75, 3.05) is 31.1 Å². The van der Waals surface area contributed by atoms with Crippen molar-refractivity contribution < 1.29 is 4.79 Å². The molecule has 0 aliphatic carbocycles. The second kappa shape index (κ2) is 6.20. The van der Waals surface area contributed by atoms with E-state index in [0.29, 0.717) is 6.42 Å². The molecule has 6 heteroatoms. The molecule has 0 aromatic carbocycles. The molecule has 0 N–H and O–H groups in total. The van der Waals surface area contributed by atoms with Crippen LogP contribution in [0.4, 0.5) is 5.82 Å². The van der Waals surface area contributed by atoms with E-state index in [9.17, 15) is 4.79 Å². The number of thiophene rings is 1. The first-order valence-corrected chi connectivity index (χ1v) is 8.73. The molecule has 2 aromatic rings. The molecule has 1 aliphatic rings. The van der Waals surface area contributed by atoms with Crippen molar-refractivity contribution in [2.45, 2.75) is 33.6 Å². The number of anilines is 1. The molecule has 0 spiro atoms. The van der Waals surface area contributed by atoms with Gasteiger partial charge in [-0.2, -0.15) is 0 Å². The molecule has 0 unspecified atom stereocenters. The van der Waals surface area contributed by atoms with E-state index in [1.807, 2.05) is 18.7 Å². The first-order chi connectivity index (χ1) is 10.6. The first kappa shape index (κ1) is 15.2. The van der Waals surface area contributed by atoms with Gasteiger partial charge in [0.05, 0.1) is 5.39 Å². The van der Waals surface area contributed by atoms with Crippen LogP contribution in [0, 0.1) is 6.92 Å². The van der Waals surface area contributed by atoms with Crippen LogP contribution in [-0.2, 0) is 11.2 Å². The summed E-state index contributed by atoms with van der Waals surface area (Å²) in [5, 5.41) is 1.16. The van der Waals surface area contributed by atoms with Gasteiger partial charge in [0.1, 0.15) is 16.5 Å². The van der Waals surface area contributed by atoms with Crippen molar-refractivity contribution in [2.24, 2.45) is 0 Å². The highest BCUT2D eigenvalue weighted by Crippen LogP contribution is 2.31. The van der Waals surface area contributed by atoms with Gasteiger partial charge in [0.25, 0.3) is 0 Å². The third-order valence-electron chi connectivity index (χ3n) is 4.12. The Morgan fingerprint density at radius 1 is 1.23 bits per heavy atom. The molecular formula is C16H22N4OS. The zero-order chi connectivity index (χ0) is 15.7. The molecule has 0 bridgehead atoms. The van der Waals surface area contributed by atoms with Crippen LogP contribution in [-0.4, -0.2) is 47.0 Å². The summed E-state index contributed by atoms with van der Waals surface area (Å²) in [6.07, 6.45) is 1.61. The largest absolute Gasteiger partial charge is 0.352 e. The molecular weight excluding hydrogens is 296 g/mol. The van der Waals surface area contributed by atoms with Gasteiger partial charge >= 0.3 is 0 Å². The number of carbonyl (C=O) groups is 1. The molecule has 3 rings (SSSR count). The topological polar surface area (TPSA) is 49.3 Å². The third kappa shape index (κ3) is 2.79. The Morgan fingerprint density at radius 3 is 2.59 bits per heavy atom. The van der Waals surface area contributed by atoms with Crippen LogP contribution < -0.4 is 4.90 Å². The smallest absolute Gasteiger partial charge is 0.222 e. The fraction of sp³-hybridized carbons (Fsp3) is 0.562. The Bertz CT molecular complexity index is 689. The average molecular weight is 318 g/mol. The highest BCUT2D eigenvalue weighted by Gasteiger charge is 2.23. The number of aryl methyl sites for hydroxylation is 2. The van der Waals surface area contributed by atoms with Gasteiger partial charge in [0.2, 0.25) is 5.91 Å². The molecule has 22 heavy (non-hydrogen) atoms. The minimum absolute atomic E-state index is 0.243. The number of fused-ring (bicyclic) bond motifs is 1. The molecule has 1 saturated heterocycles. The lowest BCUT2D eigenvalue weighted by Crippen LogP contribution is -2.49. The Kier molecular flexibility index (Phi) is 4.29. The van der Waals surface area contributed by atoms with Crippen LogP contribution in [0.2, 0.25) is 0 Å². The van der Waals surface area contributed by atoms with Crippen LogP contribution in [0.1, 0.15) is 31.0 Å². The second-order valence-electron chi connectivity index (χ2n) is 5.60. The minimum Gasteiger partial charge on any atom is -0.352 e. The second-order valence-corrected chi connectivity index (χ2v) is 6.72. The summed E-state index contributed by atoms with van der Waals surface area (Å²) in [6.45, 7) is 9.28. The van der Waals surface area contributed by atoms with Crippen LogP contribution in [0.3, 0.4) is 0 Å². The maximum absolute atomic E-state index is 11.8. The van der Waals surface area contributed by atoms with E-state index in [2.05, 4.69) is 27.9 Å². The number of aromatic nitrogens is 2. The number of rotatable bonds is 3. The summed E-state index contributed by atoms with van der Waals surface area (Å²) < 4.78 is 0. The van der Waals surface area contributed by atoms with Crippen molar-refractivity contribution in [3.05, 3.63) is 16.8 Å². The van der Waals surface area contributed by atoms with E-state index in [-0.39, 0.29) is 5.91 Å². The summed E-state index contributed by atoms with van der Waals surface area (Å²) in [5.41, 5.74) is 0. The van der Waals surface area contributed by atoms with Gasteiger partial charge in [-0.05, 0) is 19.4 Å². The van der Waals surface area contributed by atoms with Crippen LogP contribution in [0.5, 0.6) is 0 Å². The van der Waals surface area contributed by atoms with Gasteiger partial charge in [-0.15, -0.1) is 11.3 Å². The van der Waals surface area contributed by atoms with Gasteiger partial charge in [0, 0.05) is 37.5 Å². The van der Waals surface area contributed by atoms with E-state index >= 15 is 0 Å². The molecule has 0 saturated carbocycles. The minimum atomic E-state index is 0.243. The highest BCUT2D eigenvalue weighted by atomic mass is 32.1. The van der Waals surface area contributed by atoms with Crippen molar-refractivity contribution >= 4 is 33.3 Å². The number of piperazine rings is 1. The average Bonchev–Trinajstić information content (AvgIpc) is 2.96. The molecule has 118 valence electrons. The molecule has 0 radical (unpaired) electrons. The fourth-order valence-electron chi connectivity index (χ4n) is 2.87. The summed E-state index contributed by atoms with van der Waals surface area (Å²) in [4.78, 5) is 27.7. The normalized spacial score (nSPS) is 15.6. The number of hydrogen-bond acceptors (Lipinski definition) is 5. The maximum Gasteiger partial charge on any atom is 0.222 e. The Labute approximate surface area is 135 Å². The monoisotopic (exact) mass is 318 g/mol. The van der Waals surface area contributed by atoms with Crippen molar-refractivity contribution in [1.29, 1.82) is 0 Å². The summed E-state index contributed by atoms with van der Waals surface area (Å²) >= 11 is 1.76. The zero-order valence-corrected chi connectivity index (χ0v) is 14.2. The standard InChI is InChI=1S/C16H22N4OS/c1-4-12-10-13-15(17-11(3)18-16(13)22-12)20-8-6-19(7-9-20)14(21)5-2/h10H,4-9H2,1-3H3. The maximum atomic E-state index is 11.8. The lowest BCUT2D eigenvalue weighted by molar-refractivity contribution is -0.131. The molecule has 5 nitrogen and oxygen atoms in total. The van der Waals surface area contributed by atoms with Crippen molar-refractivity contribution in [3.63, 3.8) is 0 Å². The highest BCUT2D eigenvalue weighted by molar-refractivity contribution is 7.18. The lowest BCUT2D eigenvalue weighted by atomic mass is 10.2. The third-order valence-corrected chi connectivity index (χ3v) is 5.29. The number of amides is 1. The number of nitrogens with zero attached hydrogens (tertiary/aromatic N) is 4. The van der Waals surface area contributed by atoms with Gasteiger partial charge in [0.15, 0.2) is 0 Å². The Morgan fingerprint density at radius 2 is 1.95 bits per heavy atom. The molecule has 1 fully saturated rings. The van der Waals surface area contributed by atoms with E-state index in [1.165, 1.54) is 4.88 Å². The lowest BCUT2D eigenvalue weighted by Gasteiger charge is -2.35. The molecule has 1 aliphatic heterocycles. The van der Waals surface area contributed by atoms with Crippen molar-refractivity contribution in [3.8, 4) is 0 Å². The van der Waals surface area contributed by atoms with Crippen LogP contribution in [0.15, 0.2) is 6.07 Å². The van der Waals surface area contributed by atoms with E-state index in [4.69, 9.17) is 0 Å². The molecule has 0 atom stereocenters. The predicted molar refractivity (Wildman–Crippen MR) is 90.6 cm³/mol. The van der Waals surface area contributed by atoms with Gasteiger partial charge in [-0.3, -0.25) is 4.79 Å². The van der Waals surface area contributed by atoms with E-state index in [0.717, 1.165) is 54.5 Å². The number of carbonyl (C=O) groups excluding carboxylic acids is 1. The van der Waals surface area contributed by atoms with E-state index in [1.54, 1.807) is 11.3 Å². The quantitative estimate of drug-likeness (QED) is 0.873. The molecule has 1 amide bonds. The Balaban J connectivity index is 1.87. The predicted octanol–water partition coefficient (Wildman–Crippen LogP) is 2.62. The zero-order valence-electron chi connectivity index (χ0n) is 13.4. The Hall–Kier alpha value is -1.69. The fourth-order valence-corrected chi connectivity index (χ4v) is 3.87. The summed E-state index contributed by atoms with van der Waals surface area (Å²) in [6, 6.07) is 2.22. The molecule has 2 aromatic heterocycles.